The van der Waals surface area contributed by atoms with Gasteiger partial charge in [-0.3, -0.25) is 81.5 Å². The average molecular weight is 1780 g/mol. The highest BCUT2D eigenvalue weighted by atomic mass is 16.5. The molecule has 0 aliphatic rings. The molecule has 0 radical (unpaired) electrons. The number of ether oxygens (including phenoxy) is 4. The lowest BCUT2D eigenvalue weighted by Crippen LogP contribution is -2.60. The van der Waals surface area contributed by atoms with E-state index in [1.54, 1.807) is 74.6 Å². The fourth-order valence-corrected chi connectivity index (χ4v) is 12.9. The number of hydrogen-bond donors (Lipinski definition) is 19. The predicted molar refractivity (Wildman–Crippen MR) is 456 cm³/mol. The molecular weight excluding hydrogens is 1650 g/mol. The number of amides is 13. The fourth-order valence-electron chi connectivity index (χ4n) is 12.9. The molecule has 1 aromatic heterocycles. The third kappa shape index (κ3) is 50.3. The molecular formula is C85H130N14O27. The first-order valence-electron chi connectivity index (χ1n) is 43.2. The van der Waals surface area contributed by atoms with Crippen molar-refractivity contribution >= 4 is 118 Å². The van der Waals surface area contributed by atoms with E-state index in [2.05, 4.69) is 68.8 Å². The Morgan fingerprint density at radius 3 is 1.33 bits per heavy atom. The molecule has 0 aliphatic heterocycles. The molecule has 0 saturated carbocycles. The maximum atomic E-state index is 14.5. The van der Waals surface area contributed by atoms with E-state index in [-0.39, 0.29) is 136 Å². The highest BCUT2D eigenvalue weighted by Crippen LogP contribution is 2.21. The number of carbonyl (C=O) groups excluding carboxylic acids is 13. The van der Waals surface area contributed by atoms with Gasteiger partial charge in [0.15, 0.2) is 0 Å². The number of aromatic nitrogens is 1. The molecule has 3 rings (SSSR count). The van der Waals surface area contributed by atoms with Crippen molar-refractivity contribution in [1.29, 1.82) is 0 Å². The summed E-state index contributed by atoms with van der Waals surface area (Å²) in [4.78, 5) is 235. The Morgan fingerprint density at radius 2 is 0.778 bits per heavy atom. The molecule has 41 nitrogen and oxygen atoms in total. The number of benzene rings is 2. The van der Waals surface area contributed by atoms with Gasteiger partial charge in [0, 0.05) is 81.7 Å². The van der Waals surface area contributed by atoms with Crippen LogP contribution in [0, 0.1) is 0 Å². The number of unbranched alkanes of at least 4 members (excludes halogenated alkanes) is 15. The topological polar surface area (TPSA) is 632 Å². The quantitative estimate of drug-likeness (QED) is 0.0357. The molecule has 41 heteroatoms. The van der Waals surface area contributed by atoms with Crippen molar-refractivity contribution in [3.8, 4) is 0 Å². The largest absolute Gasteiger partial charge is 0.481 e. The van der Waals surface area contributed by atoms with Crippen LogP contribution in [0.15, 0.2) is 60.8 Å². The lowest BCUT2D eigenvalue weighted by Gasteiger charge is -2.26. The average Bonchev–Trinajstić information content (AvgIpc) is 1.61. The summed E-state index contributed by atoms with van der Waals surface area (Å²) in [6.45, 7) is 0.941. The number of carbonyl (C=O) groups is 18. The van der Waals surface area contributed by atoms with Crippen molar-refractivity contribution in [2.75, 3.05) is 79.0 Å². The van der Waals surface area contributed by atoms with Crippen molar-refractivity contribution in [1.82, 2.24) is 68.8 Å². The minimum Gasteiger partial charge on any atom is -0.481 e. The van der Waals surface area contributed by atoms with Gasteiger partial charge in [0.25, 0.3) is 0 Å². The van der Waals surface area contributed by atoms with Crippen LogP contribution in [0.1, 0.15) is 211 Å². The van der Waals surface area contributed by atoms with Gasteiger partial charge in [-0.05, 0) is 55.7 Å². The second kappa shape index (κ2) is 65.0. The number of aliphatic carboxylic acids is 5. The molecule has 0 aliphatic carbocycles. The maximum Gasteiger partial charge on any atom is 0.326 e. The molecule has 702 valence electrons. The molecule has 3 aromatic rings. The highest BCUT2D eigenvalue weighted by Gasteiger charge is 2.35. The van der Waals surface area contributed by atoms with Crippen molar-refractivity contribution in [3.05, 3.63) is 71.9 Å². The van der Waals surface area contributed by atoms with Gasteiger partial charge in [-0.25, -0.2) is 4.79 Å². The van der Waals surface area contributed by atoms with E-state index in [1.807, 2.05) is 0 Å². The van der Waals surface area contributed by atoms with Gasteiger partial charge in [-0.1, -0.05) is 165 Å². The molecule has 1 heterocycles. The molecule has 2 aromatic carbocycles. The molecule has 0 fully saturated rings. The number of para-hydroxylation sites is 1. The molecule has 8 atom stereocenters. The van der Waals surface area contributed by atoms with Gasteiger partial charge < -0.3 is 119 Å². The summed E-state index contributed by atoms with van der Waals surface area (Å²) in [5, 5.41) is 77.3. The van der Waals surface area contributed by atoms with Crippen LogP contribution in [0.25, 0.3) is 10.9 Å². The van der Waals surface area contributed by atoms with Crippen LogP contribution in [-0.2, 0) is 118 Å². The lowest BCUT2D eigenvalue weighted by atomic mass is 10.0. The SMILES string of the molecule is CCCC[C@H](NC(=O)[C@H](CNC(=O)CCCC(=O)O)NC(=O)[C@H](CC(=O)O)NC(=O)COCCOCCNC(=O)COCCOCCNC(=O)CC[C@H](NC(=O)CCCCCCCCCCCCCCCCC(=O)O)C(=O)O)C(=O)NCC(=O)N[C@@H](Cc1c[nH]c2ccccc12)C(=O)N[C@@H](CCCC)C(=O)N[C@@H](CC(=O)O)C(=O)N[C@@H](Cc1ccccc1)C(N)=O. The summed E-state index contributed by atoms with van der Waals surface area (Å²) in [7, 11) is 0. The highest BCUT2D eigenvalue weighted by molar-refractivity contribution is 5.99. The molecule has 0 saturated heterocycles. The van der Waals surface area contributed by atoms with Crippen molar-refractivity contribution < 1.29 is 131 Å². The number of nitrogens with one attached hydrogen (secondary N) is 13. The number of carboxylic acid groups (broad SMARTS) is 5. The van der Waals surface area contributed by atoms with Crippen LogP contribution < -0.4 is 69.5 Å². The molecule has 20 N–H and O–H groups in total. The van der Waals surface area contributed by atoms with Gasteiger partial charge in [0.1, 0.15) is 61.5 Å². The Labute approximate surface area is 732 Å². The molecule has 0 spiro atoms. The summed E-state index contributed by atoms with van der Waals surface area (Å²) < 4.78 is 21.5. The first-order valence-corrected chi connectivity index (χ1v) is 43.2. The molecule has 0 unspecified atom stereocenters. The summed E-state index contributed by atoms with van der Waals surface area (Å²) in [5.74, 6) is -17.6. The molecule has 13 amide bonds. The number of primary amides is 1. The van der Waals surface area contributed by atoms with Crippen molar-refractivity contribution in [2.45, 2.75) is 261 Å². The normalized spacial score (nSPS) is 12.9. The molecule has 126 heavy (non-hydrogen) atoms. The van der Waals surface area contributed by atoms with Gasteiger partial charge in [0.2, 0.25) is 76.8 Å². The van der Waals surface area contributed by atoms with Crippen LogP contribution in [0.5, 0.6) is 0 Å². The third-order valence-electron chi connectivity index (χ3n) is 19.7. The first kappa shape index (κ1) is 108. The monoisotopic (exact) mass is 1780 g/mol. The van der Waals surface area contributed by atoms with E-state index < -0.39 is 188 Å². The lowest BCUT2D eigenvalue weighted by molar-refractivity contribution is -0.142. The zero-order chi connectivity index (χ0) is 92.8. The number of nitrogens with two attached hydrogens (primary N) is 1. The Balaban J connectivity index is 1.50. The predicted octanol–water partition coefficient (Wildman–Crippen LogP) is 1.62. The first-order chi connectivity index (χ1) is 60.4. The summed E-state index contributed by atoms with van der Waals surface area (Å²) in [6.07, 6.45) is 14.5. The zero-order valence-electron chi connectivity index (χ0n) is 72.1. The second-order valence-electron chi connectivity index (χ2n) is 30.3. The number of rotatable bonds is 74. The Morgan fingerprint density at radius 1 is 0.349 bits per heavy atom. The van der Waals surface area contributed by atoms with Gasteiger partial charge in [0.05, 0.1) is 59.0 Å². The number of aromatic amines is 1. The smallest absolute Gasteiger partial charge is 0.326 e. The van der Waals surface area contributed by atoms with E-state index in [1.165, 1.54) is 25.7 Å². The molecule has 0 bridgehead atoms. The fraction of sp³-hybridized carbons (Fsp3) is 0.624. The summed E-state index contributed by atoms with van der Waals surface area (Å²) in [5.41, 5.74) is 7.40. The minimum absolute atomic E-state index is 0.00898. The second-order valence-corrected chi connectivity index (χ2v) is 30.3. The van der Waals surface area contributed by atoms with Crippen LogP contribution in [-0.4, -0.2) is 265 Å². The van der Waals surface area contributed by atoms with Gasteiger partial charge in [-0.2, -0.15) is 0 Å². The Hall–Kier alpha value is -11.7. The standard InChI is InChI=1S/C85H130N14O27/c1-3-5-30-60(79(115)91-53-71(103)93-64(48-57-51-89-59-32-25-24-29-58(57)59)81(117)96-61(31-6-4-2)80(116)98-66(50-77(112)113)83(119)97-63(78(86)114)47-56-27-20-19-21-28-56)95-84(120)67(52-90-68(100)34-26-36-75(108)109)99-82(118)65(49-76(110)111)94-73(105)55-126-46-44-124-42-40-88-72(104)54-125-45-43-123-41-39-87-69(101)38-37-62(85(121)122)92-70(102)33-22-17-15-13-11-9-7-8-10-12-14-16-18-23-35-74(106)107/h19-21,24-25,27-29,32,51,60-67,89H,3-18,22-23,26,30-31,33-50,52-55H2,1-2H3,(H2,86,114)(H,87,101)(H,88,104)(H,90,100)(H,91,115)(H,92,102)(H,93,103)(H,94,105)(H,95,120)(H,96,117)(H,97,119)(H,98,116)(H,99,118)(H,106,107)(H,108,109)(H,110,111)(H,112,113)(H,121,122)/t60-,61-,62-,63-,64-,65-,66-,67-/m0/s1. The van der Waals surface area contributed by atoms with Crippen LogP contribution in [0.3, 0.4) is 0 Å². The van der Waals surface area contributed by atoms with E-state index in [0.717, 1.165) is 57.8 Å². The van der Waals surface area contributed by atoms with Crippen LogP contribution in [0.4, 0.5) is 0 Å². The number of carboxylic acids is 5. The minimum atomic E-state index is -1.89. The Kier molecular flexibility index (Phi) is 55.9. The number of fused-ring (bicyclic) bond motifs is 1. The van der Waals surface area contributed by atoms with Crippen LogP contribution >= 0.6 is 0 Å². The maximum absolute atomic E-state index is 14.5. The van der Waals surface area contributed by atoms with Crippen LogP contribution in [0.2, 0.25) is 0 Å². The van der Waals surface area contributed by atoms with E-state index in [9.17, 15) is 102 Å². The number of H-pyrrole nitrogens is 1. The van der Waals surface area contributed by atoms with E-state index >= 15 is 0 Å². The summed E-state index contributed by atoms with van der Waals surface area (Å²) in [6, 6.07) is 3.00. The number of hydrogen-bond acceptors (Lipinski definition) is 22. The van der Waals surface area contributed by atoms with E-state index in [4.69, 9.17) is 34.9 Å². The van der Waals surface area contributed by atoms with Crippen molar-refractivity contribution in [2.24, 2.45) is 5.73 Å². The Bertz CT molecular complexity index is 3920. The van der Waals surface area contributed by atoms with E-state index in [0.29, 0.717) is 47.7 Å². The van der Waals surface area contributed by atoms with Gasteiger partial charge in [-0.15, -0.1) is 0 Å². The van der Waals surface area contributed by atoms with Crippen molar-refractivity contribution in [3.63, 3.8) is 0 Å². The third-order valence-corrected chi connectivity index (χ3v) is 19.7. The summed E-state index contributed by atoms with van der Waals surface area (Å²) >= 11 is 0. The van der Waals surface area contributed by atoms with Gasteiger partial charge >= 0.3 is 29.8 Å². The zero-order valence-corrected chi connectivity index (χ0v) is 72.1.